The van der Waals surface area contributed by atoms with Gasteiger partial charge >= 0.3 is 0 Å². The molecule has 0 saturated heterocycles. The van der Waals surface area contributed by atoms with Crippen molar-refractivity contribution in [1.29, 1.82) is 0 Å². The van der Waals surface area contributed by atoms with Crippen LogP contribution in [0.25, 0.3) is 121 Å². The third-order valence-corrected chi connectivity index (χ3v) is 12.1. The first-order chi connectivity index (χ1) is 28.8. The molecule has 4 aromatic heterocycles. The van der Waals surface area contributed by atoms with Gasteiger partial charge in [-0.3, -0.25) is 0 Å². The monoisotopic (exact) mass is 740 g/mol. The fourth-order valence-electron chi connectivity index (χ4n) is 9.48. The van der Waals surface area contributed by atoms with Crippen molar-refractivity contribution in [3.05, 3.63) is 194 Å². The second-order valence-corrected chi connectivity index (χ2v) is 15.3. The molecule has 0 amide bonds. The zero-order valence-corrected chi connectivity index (χ0v) is 31.2. The molecule has 0 fully saturated rings. The van der Waals surface area contributed by atoms with Gasteiger partial charge in [0.1, 0.15) is 11.2 Å². The smallest absolute Gasteiger partial charge is 0.160 e. The minimum atomic E-state index is 0.858. The van der Waals surface area contributed by atoms with Gasteiger partial charge in [0.15, 0.2) is 11.2 Å². The van der Waals surface area contributed by atoms with Crippen LogP contribution < -0.4 is 0 Å². The van der Waals surface area contributed by atoms with E-state index in [1.807, 2.05) is 18.2 Å². The molecule has 0 N–H and O–H groups in total. The first kappa shape index (κ1) is 31.4. The molecule has 13 aromatic rings. The summed E-state index contributed by atoms with van der Waals surface area (Å²) < 4.78 is 18.1. The summed E-state index contributed by atoms with van der Waals surface area (Å²) in [5.74, 6) is 0. The lowest BCUT2D eigenvalue weighted by atomic mass is 10.0. The highest BCUT2D eigenvalue weighted by Gasteiger charge is 2.23. The Morgan fingerprint density at radius 2 is 0.810 bits per heavy atom. The number of aromatic nitrogens is 2. The van der Waals surface area contributed by atoms with E-state index >= 15 is 0 Å². The van der Waals surface area contributed by atoms with Crippen LogP contribution in [0.4, 0.5) is 0 Å². The van der Waals surface area contributed by atoms with Crippen molar-refractivity contribution in [2.75, 3.05) is 0 Å². The number of fused-ring (bicyclic) bond motifs is 13. The quantitative estimate of drug-likeness (QED) is 0.180. The zero-order valence-electron chi connectivity index (χ0n) is 31.2. The lowest BCUT2D eigenvalue weighted by Crippen LogP contribution is -1.95. The predicted octanol–water partition coefficient (Wildman–Crippen LogP) is 15.0. The first-order valence-corrected chi connectivity index (χ1v) is 19.8. The fraction of sp³-hybridized carbons (Fsp3) is 0. The largest absolute Gasteiger partial charge is 0.454 e. The van der Waals surface area contributed by atoms with E-state index in [1.165, 1.54) is 38.5 Å². The third kappa shape index (κ3) is 4.40. The van der Waals surface area contributed by atoms with Crippen LogP contribution >= 0.6 is 0 Å². The van der Waals surface area contributed by atoms with E-state index in [2.05, 4.69) is 185 Å². The molecule has 0 spiro atoms. The maximum atomic E-state index is 6.75. The second-order valence-electron chi connectivity index (χ2n) is 15.3. The van der Waals surface area contributed by atoms with Crippen LogP contribution in [0.2, 0.25) is 0 Å². The van der Waals surface area contributed by atoms with Gasteiger partial charge in [-0.25, -0.2) is 0 Å². The number of hydrogen-bond acceptors (Lipinski definition) is 2. The Kier molecular flexibility index (Phi) is 6.41. The van der Waals surface area contributed by atoms with Crippen molar-refractivity contribution in [1.82, 2.24) is 9.13 Å². The minimum absolute atomic E-state index is 0.858. The maximum absolute atomic E-state index is 6.75. The molecule has 270 valence electrons. The van der Waals surface area contributed by atoms with Crippen LogP contribution in [0.5, 0.6) is 0 Å². The average Bonchev–Trinajstić information content (AvgIpc) is 4.04. The number of benzene rings is 9. The lowest BCUT2D eigenvalue weighted by molar-refractivity contribution is 0.665. The highest BCUT2D eigenvalue weighted by atomic mass is 16.3. The van der Waals surface area contributed by atoms with E-state index in [1.54, 1.807) is 0 Å². The Hall–Kier alpha value is -7.82. The first-order valence-electron chi connectivity index (χ1n) is 19.8. The van der Waals surface area contributed by atoms with Crippen molar-refractivity contribution in [2.24, 2.45) is 0 Å². The summed E-state index contributed by atoms with van der Waals surface area (Å²) in [6.45, 7) is 0. The number of furan rings is 2. The summed E-state index contributed by atoms with van der Waals surface area (Å²) in [6.07, 6.45) is 0. The van der Waals surface area contributed by atoms with Crippen molar-refractivity contribution in [3.63, 3.8) is 0 Å². The van der Waals surface area contributed by atoms with Gasteiger partial charge in [-0.1, -0.05) is 127 Å². The van der Waals surface area contributed by atoms with Crippen LogP contribution in [-0.2, 0) is 0 Å². The number of nitrogens with zero attached hydrogens (tertiary/aromatic N) is 2. The number of para-hydroxylation sites is 4. The van der Waals surface area contributed by atoms with Gasteiger partial charge in [0.2, 0.25) is 0 Å². The van der Waals surface area contributed by atoms with Gasteiger partial charge in [-0.2, -0.15) is 0 Å². The Bertz CT molecular complexity index is 3780. The van der Waals surface area contributed by atoms with Crippen LogP contribution in [0.15, 0.2) is 203 Å². The molecule has 0 aliphatic carbocycles. The molecule has 0 aliphatic heterocycles. The van der Waals surface area contributed by atoms with Crippen LogP contribution in [0, 0.1) is 0 Å². The van der Waals surface area contributed by atoms with Crippen LogP contribution in [0.1, 0.15) is 0 Å². The molecule has 0 aliphatic rings. The zero-order chi connectivity index (χ0) is 37.9. The molecule has 0 saturated carbocycles. The lowest BCUT2D eigenvalue weighted by Gasteiger charge is -2.10. The molecule has 13 rings (SSSR count). The molecule has 0 radical (unpaired) electrons. The summed E-state index contributed by atoms with van der Waals surface area (Å²) >= 11 is 0. The molecule has 0 unspecified atom stereocenters. The average molecular weight is 741 g/mol. The molecule has 9 aromatic carbocycles. The molecule has 4 nitrogen and oxygen atoms in total. The van der Waals surface area contributed by atoms with Gasteiger partial charge in [0, 0.05) is 48.8 Å². The van der Waals surface area contributed by atoms with Crippen LogP contribution in [0.3, 0.4) is 0 Å². The SMILES string of the molecule is c1ccc(-c2ccc(-n3c4ccccc4c4cc(-c5ccc6c(c5)c5ccc7c8ccccc8oc7c5n6-c5cccc6c5oc5ccccc56)ccc43)cc2)cc1. The standard InChI is InChI=1S/C54H32N2O2/c1-2-11-33(12-3-1)34-21-25-37(26-22-34)55-46-17-7-4-13-38(46)44-31-35(23-29-47(44)55)36-24-30-48-45(32-36)41-27-28-43-40-15-6-9-20-51(40)58-54(43)52(41)56(48)49-18-10-16-42-39-14-5-8-19-50(39)57-53(42)49/h1-32H. The molecule has 4 heteroatoms. The van der Waals surface area contributed by atoms with Gasteiger partial charge < -0.3 is 18.0 Å². The maximum Gasteiger partial charge on any atom is 0.160 e. The Labute approximate surface area is 332 Å². The van der Waals surface area contributed by atoms with Crippen LogP contribution in [-0.4, -0.2) is 9.13 Å². The van der Waals surface area contributed by atoms with Gasteiger partial charge in [0.25, 0.3) is 0 Å². The molecule has 0 bridgehead atoms. The van der Waals surface area contributed by atoms with Gasteiger partial charge in [0.05, 0.1) is 27.8 Å². The Morgan fingerprint density at radius 1 is 0.293 bits per heavy atom. The highest BCUT2D eigenvalue weighted by Crippen LogP contribution is 2.44. The number of hydrogen-bond donors (Lipinski definition) is 0. The number of rotatable bonds is 4. The molecule has 58 heavy (non-hydrogen) atoms. The Morgan fingerprint density at radius 3 is 1.55 bits per heavy atom. The van der Waals surface area contributed by atoms with E-state index in [4.69, 9.17) is 8.83 Å². The van der Waals surface area contributed by atoms with Gasteiger partial charge in [-0.15, -0.1) is 0 Å². The van der Waals surface area contributed by atoms with Crippen molar-refractivity contribution < 1.29 is 8.83 Å². The summed E-state index contributed by atoms with van der Waals surface area (Å²) in [6, 6.07) is 69.5. The molecule has 0 atom stereocenters. The topological polar surface area (TPSA) is 36.1 Å². The van der Waals surface area contributed by atoms with E-state index in [-0.39, 0.29) is 0 Å². The van der Waals surface area contributed by atoms with E-state index in [9.17, 15) is 0 Å². The minimum Gasteiger partial charge on any atom is -0.454 e. The Balaban J connectivity index is 1.03. The summed E-state index contributed by atoms with van der Waals surface area (Å²) in [5.41, 5.74) is 14.9. The van der Waals surface area contributed by atoms with Gasteiger partial charge in [-0.05, 0) is 89.0 Å². The molecule has 4 heterocycles. The molecular formula is C54H32N2O2. The van der Waals surface area contributed by atoms with E-state index < -0.39 is 0 Å². The van der Waals surface area contributed by atoms with Crippen molar-refractivity contribution >= 4 is 87.5 Å². The highest BCUT2D eigenvalue weighted by molar-refractivity contribution is 6.23. The normalized spacial score (nSPS) is 12.1. The summed E-state index contributed by atoms with van der Waals surface area (Å²) in [4.78, 5) is 0. The summed E-state index contributed by atoms with van der Waals surface area (Å²) in [5, 5.41) is 9.16. The predicted molar refractivity (Wildman–Crippen MR) is 241 cm³/mol. The fourth-order valence-corrected chi connectivity index (χ4v) is 9.48. The van der Waals surface area contributed by atoms with Crippen molar-refractivity contribution in [3.8, 4) is 33.6 Å². The van der Waals surface area contributed by atoms with E-state index in [0.717, 1.165) is 82.6 Å². The second kappa shape index (κ2) is 11.8. The third-order valence-electron chi connectivity index (χ3n) is 12.1. The van der Waals surface area contributed by atoms with E-state index in [0.29, 0.717) is 0 Å². The van der Waals surface area contributed by atoms with Crippen molar-refractivity contribution in [2.45, 2.75) is 0 Å². The summed E-state index contributed by atoms with van der Waals surface area (Å²) in [7, 11) is 0. The molecular weight excluding hydrogens is 709 g/mol.